The number of amides is 2. The number of benzene rings is 1. The van der Waals surface area contributed by atoms with Gasteiger partial charge in [-0.3, -0.25) is 0 Å². The molecular weight excluding hydrogens is 316 g/mol. The van der Waals surface area contributed by atoms with E-state index in [2.05, 4.69) is 10.6 Å². The highest BCUT2D eigenvalue weighted by atomic mass is 16.5. The van der Waals surface area contributed by atoms with Gasteiger partial charge in [0.1, 0.15) is 0 Å². The molecule has 5 heteroatoms. The molecule has 1 saturated carbocycles. The van der Waals surface area contributed by atoms with Gasteiger partial charge in [-0.1, -0.05) is 12.1 Å². The Morgan fingerprint density at radius 1 is 1.32 bits per heavy atom. The van der Waals surface area contributed by atoms with Gasteiger partial charge in [-0.15, -0.1) is 0 Å². The summed E-state index contributed by atoms with van der Waals surface area (Å²) in [6.45, 7) is 7.46. The number of nitrogens with one attached hydrogen (secondary N) is 2. The second-order valence-corrected chi connectivity index (χ2v) is 7.45. The van der Waals surface area contributed by atoms with E-state index < -0.39 is 0 Å². The zero-order chi connectivity index (χ0) is 17.8. The van der Waals surface area contributed by atoms with Gasteiger partial charge in [0.15, 0.2) is 0 Å². The number of rotatable bonds is 5. The van der Waals surface area contributed by atoms with Crippen LogP contribution < -0.4 is 10.6 Å². The van der Waals surface area contributed by atoms with Gasteiger partial charge in [-0.2, -0.15) is 0 Å². The van der Waals surface area contributed by atoms with E-state index in [1.807, 2.05) is 39.0 Å². The lowest BCUT2D eigenvalue weighted by molar-refractivity contribution is 0.0553. The molecule has 3 unspecified atom stereocenters. The highest BCUT2D eigenvalue weighted by Crippen LogP contribution is 2.34. The molecule has 1 aliphatic heterocycles. The average Bonchev–Trinajstić information content (AvgIpc) is 3.05. The van der Waals surface area contributed by atoms with Gasteiger partial charge in [-0.05, 0) is 63.6 Å². The molecule has 0 aromatic heterocycles. The number of carbonyl (C=O) groups is 1. The molecule has 2 N–H and O–H groups in total. The van der Waals surface area contributed by atoms with Crippen LogP contribution in [0.3, 0.4) is 0 Å². The lowest BCUT2D eigenvalue weighted by atomic mass is 9.82. The van der Waals surface area contributed by atoms with Crippen LogP contribution in [0.15, 0.2) is 18.2 Å². The summed E-state index contributed by atoms with van der Waals surface area (Å²) >= 11 is 0. The van der Waals surface area contributed by atoms with Crippen LogP contribution >= 0.6 is 0 Å². The van der Waals surface area contributed by atoms with Crippen LogP contribution in [0, 0.1) is 12.8 Å². The van der Waals surface area contributed by atoms with E-state index in [0.29, 0.717) is 18.6 Å². The molecule has 3 rings (SSSR count). The van der Waals surface area contributed by atoms with Crippen LogP contribution in [0.1, 0.15) is 50.7 Å². The number of anilines is 1. The molecule has 1 aromatic rings. The van der Waals surface area contributed by atoms with Crippen molar-refractivity contribution in [2.24, 2.45) is 5.92 Å². The third-order valence-corrected chi connectivity index (χ3v) is 5.36. The molecular formula is C20H30N2O3. The fraction of sp³-hybridized carbons (Fsp3) is 0.650. The summed E-state index contributed by atoms with van der Waals surface area (Å²) in [6.07, 6.45) is 4.86. The van der Waals surface area contributed by atoms with Crippen molar-refractivity contribution in [2.75, 3.05) is 11.9 Å². The van der Waals surface area contributed by atoms with Crippen molar-refractivity contribution in [3.8, 4) is 0 Å². The van der Waals surface area contributed by atoms with Crippen LogP contribution in [0.25, 0.3) is 0 Å². The summed E-state index contributed by atoms with van der Waals surface area (Å²) in [6, 6.07) is 6.04. The minimum atomic E-state index is -0.123. The monoisotopic (exact) mass is 346 g/mol. The summed E-state index contributed by atoms with van der Waals surface area (Å²) in [7, 11) is 0. The second-order valence-electron chi connectivity index (χ2n) is 7.45. The summed E-state index contributed by atoms with van der Waals surface area (Å²) in [5, 5.41) is 6.19. The van der Waals surface area contributed by atoms with E-state index in [1.165, 1.54) is 0 Å². The Labute approximate surface area is 150 Å². The predicted molar refractivity (Wildman–Crippen MR) is 98.7 cm³/mol. The van der Waals surface area contributed by atoms with Crippen molar-refractivity contribution in [1.29, 1.82) is 0 Å². The standard InChI is InChI=1S/C20H30N2O3/c1-13(2)25-12-15-6-4-7-17(14(15)3)21-20(23)22-18-8-5-9-19-16(18)10-11-24-19/h4,6-7,13,16,18-19H,5,8-12H2,1-3H3,(H2,21,22,23). The first kappa shape index (κ1) is 18.2. The summed E-state index contributed by atoms with van der Waals surface area (Å²) in [5.74, 6) is 0.464. The number of ether oxygens (including phenoxy) is 2. The number of urea groups is 1. The SMILES string of the molecule is Cc1c(COC(C)C)cccc1NC(=O)NC1CCCC2OCCC12. The summed E-state index contributed by atoms with van der Waals surface area (Å²) < 4.78 is 11.5. The zero-order valence-corrected chi connectivity index (χ0v) is 15.5. The van der Waals surface area contributed by atoms with Crippen LogP contribution in [-0.2, 0) is 16.1 Å². The molecule has 0 spiro atoms. The Morgan fingerprint density at radius 3 is 2.96 bits per heavy atom. The molecule has 5 nitrogen and oxygen atoms in total. The minimum Gasteiger partial charge on any atom is -0.378 e. The van der Waals surface area contributed by atoms with Crippen molar-refractivity contribution >= 4 is 11.7 Å². The van der Waals surface area contributed by atoms with Gasteiger partial charge in [0, 0.05) is 24.3 Å². The summed E-state index contributed by atoms with van der Waals surface area (Å²) in [5.41, 5.74) is 3.01. The fourth-order valence-electron chi connectivity index (χ4n) is 3.91. The Kier molecular flexibility index (Phi) is 5.97. The maximum Gasteiger partial charge on any atom is 0.319 e. The molecule has 0 radical (unpaired) electrons. The predicted octanol–water partition coefficient (Wildman–Crippen LogP) is 4.00. The first-order valence-electron chi connectivity index (χ1n) is 9.44. The van der Waals surface area contributed by atoms with Crippen molar-refractivity contribution < 1.29 is 14.3 Å². The maximum absolute atomic E-state index is 12.5. The smallest absolute Gasteiger partial charge is 0.319 e. The fourth-order valence-corrected chi connectivity index (χ4v) is 3.91. The van der Waals surface area contributed by atoms with E-state index in [-0.39, 0.29) is 18.2 Å². The Hall–Kier alpha value is -1.59. The normalized spacial score (nSPS) is 25.7. The maximum atomic E-state index is 12.5. The molecule has 1 aromatic carbocycles. The highest BCUT2D eigenvalue weighted by molar-refractivity contribution is 5.90. The molecule has 2 fully saturated rings. The number of hydrogen-bond acceptors (Lipinski definition) is 3. The largest absolute Gasteiger partial charge is 0.378 e. The quantitative estimate of drug-likeness (QED) is 0.847. The van der Waals surface area contributed by atoms with Gasteiger partial charge in [0.25, 0.3) is 0 Å². The topological polar surface area (TPSA) is 59.6 Å². The number of hydrogen-bond donors (Lipinski definition) is 2. The van der Waals surface area contributed by atoms with Crippen molar-refractivity contribution in [3.63, 3.8) is 0 Å². The molecule has 1 aliphatic carbocycles. The molecule has 2 aliphatic rings. The Morgan fingerprint density at radius 2 is 2.16 bits per heavy atom. The zero-order valence-electron chi connectivity index (χ0n) is 15.5. The molecule has 0 bridgehead atoms. The van der Waals surface area contributed by atoms with Gasteiger partial charge in [0.05, 0.1) is 18.8 Å². The van der Waals surface area contributed by atoms with E-state index in [9.17, 15) is 4.79 Å². The minimum absolute atomic E-state index is 0.123. The molecule has 2 amide bonds. The van der Waals surface area contributed by atoms with Gasteiger partial charge in [0.2, 0.25) is 0 Å². The highest BCUT2D eigenvalue weighted by Gasteiger charge is 2.38. The van der Waals surface area contributed by atoms with Crippen LogP contribution in [0.2, 0.25) is 0 Å². The van der Waals surface area contributed by atoms with Crippen LogP contribution in [-0.4, -0.2) is 30.9 Å². The van der Waals surface area contributed by atoms with Crippen LogP contribution in [0.4, 0.5) is 10.5 Å². The molecule has 138 valence electrons. The molecule has 1 saturated heterocycles. The first-order chi connectivity index (χ1) is 12.0. The van der Waals surface area contributed by atoms with E-state index in [1.54, 1.807) is 0 Å². The van der Waals surface area contributed by atoms with Crippen molar-refractivity contribution in [2.45, 2.75) is 71.3 Å². The van der Waals surface area contributed by atoms with Gasteiger partial charge < -0.3 is 20.1 Å². The number of fused-ring (bicyclic) bond motifs is 1. The second kappa shape index (κ2) is 8.19. The lowest BCUT2D eigenvalue weighted by Crippen LogP contribution is -2.47. The third kappa shape index (κ3) is 4.53. The lowest BCUT2D eigenvalue weighted by Gasteiger charge is -2.33. The van der Waals surface area contributed by atoms with Crippen LogP contribution in [0.5, 0.6) is 0 Å². The Balaban J connectivity index is 1.60. The third-order valence-electron chi connectivity index (χ3n) is 5.36. The van der Waals surface area contributed by atoms with E-state index >= 15 is 0 Å². The van der Waals surface area contributed by atoms with E-state index in [0.717, 1.165) is 49.1 Å². The average molecular weight is 346 g/mol. The van der Waals surface area contributed by atoms with Crippen molar-refractivity contribution in [1.82, 2.24) is 5.32 Å². The molecule has 1 heterocycles. The van der Waals surface area contributed by atoms with Gasteiger partial charge >= 0.3 is 6.03 Å². The molecule has 3 atom stereocenters. The van der Waals surface area contributed by atoms with E-state index in [4.69, 9.17) is 9.47 Å². The first-order valence-corrected chi connectivity index (χ1v) is 9.44. The number of carbonyl (C=O) groups excluding carboxylic acids is 1. The molecule has 25 heavy (non-hydrogen) atoms. The van der Waals surface area contributed by atoms with Crippen molar-refractivity contribution in [3.05, 3.63) is 29.3 Å². The van der Waals surface area contributed by atoms with Gasteiger partial charge in [-0.25, -0.2) is 4.79 Å². The summed E-state index contributed by atoms with van der Waals surface area (Å²) in [4.78, 5) is 12.5. The Bertz CT molecular complexity index is 603.